The smallest absolute Gasteiger partial charge is 0.348 e. The summed E-state index contributed by atoms with van der Waals surface area (Å²) in [6.45, 7) is 18.7. The fraction of sp³-hybridized carbons (Fsp3) is 0.529. The molecule has 0 amide bonds. The van der Waals surface area contributed by atoms with Crippen molar-refractivity contribution >= 4 is 35.0 Å². The number of ketones is 2. The Labute approximate surface area is 266 Å². The monoisotopic (exact) mass is 624 g/mol. The van der Waals surface area contributed by atoms with Crippen molar-refractivity contribution in [3.63, 3.8) is 0 Å². The van der Waals surface area contributed by atoms with Crippen LogP contribution in [0.1, 0.15) is 68.7 Å². The second-order valence-electron chi connectivity index (χ2n) is 11.2. The fourth-order valence-corrected chi connectivity index (χ4v) is 5.86. The third-order valence-corrected chi connectivity index (χ3v) is 9.17. The van der Waals surface area contributed by atoms with E-state index >= 15 is 0 Å². The molecule has 0 aliphatic carbocycles. The molecule has 0 aromatic heterocycles. The number of Topliss-reactive ketones (excluding diaryl/α,β-unsaturated/α-hetero) is 2. The Morgan fingerprint density at radius 1 is 0.841 bits per heavy atom. The fourth-order valence-electron chi connectivity index (χ4n) is 5.04. The van der Waals surface area contributed by atoms with Crippen molar-refractivity contribution in [2.75, 3.05) is 65.6 Å². The number of rotatable bonds is 17. The zero-order valence-electron chi connectivity index (χ0n) is 27.1. The predicted octanol–water partition coefficient (Wildman–Crippen LogP) is 5.29. The van der Waals surface area contributed by atoms with Gasteiger partial charge in [-0.05, 0) is 76.4 Å². The highest BCUT2D eigenvalue weighted by Crippen LogP contribution is 2.29. The van der Waals surface area contributed by atoms with E-state index in [4.69, 9.17) is 9.57 Å². The maximum absolute atomic E-state index is 13.4. The average molecular weight is 625 g/mol. The van der Waals surface area contributed by atoms with Gasteiger partial charge < -0.3 is 14.5 Å². The van der Waals surface area contributed by atoms with Crippen LogP contribution in [-0.4, -0.2) is 109 Å². The summed E-state index contributed by atoms with van der Waals surface area (Å²) in [5.41, 5.74) is 0.795. The van der Waals surface area contributed by atoms with Gasteiger partial charge in [0, 0.05) is 47.0 Å². The molecule has 0 saturated carbocycles. The lowest BCUT2D eigenvalue weighted by Gasteiger charge is -2.39. The summed E-state index contributed by atoms with van der Waals surface area (Å²) in [4.78, 5) is 52.6. The molecule has 9 nitrogen and oxygen atoms in total. The minimum Gasteiger partial charge on any atom is -0.379 e. The number of likely N-dealkylation sites (N-methyl/N-ethyl adjacent to an activating group) is 1. The lowest BCUT2D eigenvalue weighted by molar-refractivity contribution is -0.144. The van der Waals surface area contributed by atoms with E-state index in [1.165, 1.54) is 0 Å². The summed E-state index contributed by atoms with van der Waals surface area (Å²) in [7, 11) is 0. The molecule has 1 aliphatic heterocycles. The molecule has 44 heavy (non-hydrogen) atoms. The van der Waals surface area contributed by atoms with Crippen molar-refractivity contribution < 1.29 is 24.0 Å². The number of hydrogen-bond acceptors (Lipinski definition) is 10. The van der Waals surface area contributed by atoms with Crippen LogP contribution in [0.15, 0.2) is 63.5 Å². The molecule has 0 atom stereocenters. The molecule has 1 fully saturated rings. The summed E-state index contributed by atoms with van der Waals surface area (Å²) in [6, 6.07) is 15.0. The summed E-state index contributed by atoms with van der Waals surface area (Å²) < 4.78 is 5.45. The number of benzene rings is 2. The minimum atomic E-state index is -0.599. The molecule has 1 saturated heterocycles. The Balaban J connectivity index is 1.67. The highest BCUT2D eigenvalue weighted by molar-refractivity contribution is 7.99. The number of carbonyl (C=O) groups excluding carboxylic acids is 3. The van der Waals surface area contributed by atoms with Crippen LogP contribution in [0.5, 0.6) is 0 Å². The molecule has 1 aliphatic rings. The van der Waals surface area contributed by atoms with Gasteiger partial charge in [0.15, 0.2) is 5.78 Å². The van der Waals surface area contributed by atoms with E-state index in [0.29, 0.717) is 37.3 Å². The molecule has 2 aromatic carbocycles. The Morgan fingerprint density at radius 2 is 1.36 bits per heavy atom. The predicted molar refractivity (Wildman–Crippen MR) is 176 cm³/mol. The Morgan fingerprint density at radius 3 is 1.89 bits per heavy atom. The first-order valence-corrected chi connectivity index (χ1v) is 16.5. The van der Waals surface area contributed by atoms with Crippen LogP contribution < -0.4 is 0 Å². The Kier molecular flexibility index (Phi) is 14.2. The first kappa shape index (κ1) is 35.6. The zero-order chi connectivity index (χ0) is 32.1. The Bertz CT molecular complexity index is 1250. The normalized spacial score (nSPS) is 14.7. The SMILES string of the molecule is CCN(CC)CC/C(=N\OC(=O)CN(CC)CC)C(=O)c1ccc(Sc2ccc(C(=O)C(C)(C)N3CCOCC3)cc2)cc1. The molecule has 240 valence electrons. The van der Waals surface area contributed by atoms with Gasteiger partial charge in [-0.3, -0.25) is 19.4 Å². The number of oxime groups is 1. The van der Waals surface area contributed by atoms with Crippen molar-refractivity contribution in [3.05, 3.63) is 59.7 Å². The van der Waals surface area contributed by atoms with Crippen molar-refractivity contribution in [3.8, 4) is 0 Å². The van der Waals surface area contributed by atoms with Gasteiger partial charge in [0.1, 0.15) is 5.71 Å². The van der Waals surface area contributed by atoms with Crippen LogP contribution >= 0.6 is 11.8 Å². The van der Waals surface area contributed by atoms with Gasteiger partial charge in [0.2, 0.25) is 5.78 Å². The van der Waals surface area contributed by atoms with Crippen LogP contribution in [0, 0.1) is 0 Å². The van der Waals surface area contributed by atoms with Crippen LogP contribution in [-0.2, 0) is 14.4 Å². The highest BCUT2D eigenvalue weighted by atomic mass is 32.2. The zero-order valence-corrected chi connectivity index (χ0v) is 28.0. The van der Waals surface area contributed by atoms with E-state index in [9.17, 15) is 14.4 Å². The van der Waals surface area contributed by atoms with E-state index in [0.717, 1.165) is 49.1 Å². The second kappa shape index (κ2) is 17.6. The van der Waals surface area contributed by atoms with Gasteiger partial charge in [-0.25, -0.2) is 4.79 Å². The first-order chi connectivity index (χ1) is 21.1. The van der Waals surface area contributed by atoms with Crippen LogP contribution in [0.4, 0.5) is 0 Å². The molecule has 0 radical (unpaired) electrons. The average Bonchev–Trinajstić information content (AvgIpc) is 3.05. The first-order valence-electron chi connectivity index (χ1n) is 15.6. The van der Waals surface area contributed by atoms with Crippen LogP contribution in [0.2, 0.25) is 0 Å². The van der Waals surface area contributed by atoms with Gasteiger partial charge in [-0.15, -0.1) is 0 Å². The molecule has 2 aromatic rings. The van der Waals surface area contributed by atoms with Gasteiger partial charge in [-0.1, -0.05) is 56.7 Å². The topological polar surface area (TPSA) is 91.8 Å². The molecule has 3 rings (SSSR count). The number of ether oxygens (including phenoxy) is 1. The quantitative estimate of drug-likeness (QED) is 0.101. The molecular formula is C34H48N4O5S. The lowest BCUT2D eigenvalue weighted by atomic mass is 9.91. The summed E-state index contributed by atoms with van der Waals surface area (Å²) in [6.07, 6.45) is 0.378. The Hall–Kier alpha value is -2.89. The van der Waals surface area contributed by atoms with E-state index < -0.39 is 11.5 Å². The van der Waals surface area contributed by atoms with Crippen molar-refractivity contribution in [1.82, 2.24) is 14.7 Å². The molecule has 0 spiro atoms. The minimum absolute atomic E-state index is 0.0935. The van der Waals surface area contributed by atoms with Crippen molar-refractivity contribution in [2.24, 2.45) is 5.16 Å². The molecular weight excluding hydrogens is 576 g/mol. The maximum atomic E-state index is 13.4. The van der Waals surface area contributed by atoms with E-state index in [-0.39, 0.29) is 23.8 Å². The standard InChI is InChI=1S/C34H48N4O5S/c1-7-36(8-2)20-19-30(35-43-31(39)25-37(9-3)10-4)32(40)26-11-15-28(16-12-26)44-29-17-13-27(14-18-29)33(41)34(5,6)38-21-23-42-24-22-38/h11-18H,7-10,19-25H2,1-6H3/b35-30+. The molecule has 0 unspecified atom stereocenters. The van der Waals surface area contributed by atoms with Crippen molar-refractivity contribution in [2.45, 2.75) is 63.3 Å². The van der Waals surface area contributed by atoms with Gasteiger partial charge >= 0.3 is 5.97 Å². The lowest BCUT2D eigenvalue weighted by Crippen LogP contribution is -2.54. The molecule has 0 bridgehead atoms. The third kappa shape index (κ3) is 10.1. The van der Waals surface area contributed by atoms with Gasteiger partial charge in [-0.2, -0.15) is 0 Å². The van der Waals surface area contributed by atoms with Crippen LogP contribution in [0.25, 0.3) is 0 Å². The molecule has 1 heterocycles. The molecule has 0 N–H and O–H groups in total. The summed E-state index contributed by atoms with van der Waals surface area (Å²) in [5.74, 6) is -0.642. The second-order valence-corrected chi connectivity index (χ2v) is 12.4. The number of morpholine rings is 1. The van der Waals surface area contributed by atoms with E-state index in [1.807, 2.05) is 69.0 Å². The number of carbonyl (C=O) groups is 3. The maximum Gasteiger partial charge on any atom is 0.348 e. The number of hydrogen-bond donors (Lipinski definition) is 0. The third-order valence-electron chi connectivity index (χ3n) is 8.15. The highest BCUT2D eigenvalue weighted by Gasteiger charge is 2.35. The largest absolute Gasteiger partial charge is 0.379 e. The van der Waals surface area contributed by atoms with E-state index in [2.05, 4.69) is 28.8 Å². The van der Waals surface area contributed by atoms with Crippen LogP contribution in [0.3, 0.4) is 0 Å². The van der Waals surface area contributed by atoms with Gasteiger partial charge in [0.05, 0.1) is 25.3 Å². The summed E-state index contributed by atoms with van der Waals surface area (Å²) in [5, 5.41) is 4.04. The number of nitrogens with zero attached hydrogens (tertiary/aromatic N) is 4. The van der Waals surface area contributed by atoms with Gasteiger partial charge in [0.25, 0.3) is 0 Å². The molecule has 10 heteroatoms. The van der Waals surface area contributed by atoms with Crippen molar-refractivity contribution in [1.29, 1.82) is 0 Å². The van der Waals surface area contributed by atoms with E-state index in [1.54, 1.807) is 23.9 Å². The summed E-state index contributed by atoms with van der Waals surface area (Å²) >= 11 is 1.56.